The first-order valence-electron chi connectivity index (χ1n) is 9.56. The van der Waals surface area contributed by atoms with Crippen LogP contribution in [0.5, 0.6) is 0 Å². The maximum Gasteiger partial charge on any atom is 0.408 e. The van der Waals surface area contributed by atoms with Crippen molar-refractivity contribution in [3.05, 3.63) is 11.6 Å². The minimum Gasteiger partial charge on any atom is -0.444 e. The summed E-state index contributed by atoms with van der Waals surface area (Å²) >= 11 is 1.43. The summed E-state index contributed by atoms with van der Waals surface area (Å²) in [6, 6.07) is -0.681. The number of thiazole rings is 1. The van der Waals surface area contributed by atoms with Crippen molar-refractivity contribution in [3.8, 4) is 0 Å². The van der Waals surface area contributed by atoms with Crippen molar-refractivity contribution in [2.45, 2.75) is 92.3 Å². The number of amides is 2. The van der Waals surface area contributed by atoms with Gasteiger partial charge in [-0.25, -0.2) is 9.78 Å². The topological polar surface area (TPSA) is 71.5 Å². The van der Waals surface area contributed by atoms with Crippen LogP contribution in [0.4, 0.5) is 9.93 Å². The number of carbonyl (C=O) groups is 2. The zero-order valence-electron chi connectivity index (χ0n) is 18.0. The monoisotopic (exact) mass is 397 g/mol. The zero-order valence-corrected chi connectivity index (χ0v) is 18.8. The van der Waals surface area contributed by atoms with Crippen LogP contribution in [0, 0.1) is 5.41 Å². The first kappa shape index (κ1) is 23.4. The van der Waals surface area contributed by atoms with Crippen LogP contribution in [0.1, 0.15) is 74.7 Å². The summed E-state index contributed by atoms with van der Waals surface area (Å²) in [6.07, 6.45) is 3.26. The van der Waals surface area contributed by atoms with Crippen LogP contribution in [-0.2, 0) is 9.53 Å². The van der Waals surface area contributed by atoms with Gasteiger partial charge in [-0.3, -0.25) is 9.69 Å². The lowest BCUT2D eigenvalue weighted by molar-refractivity contribution is -0.121. The highest BCUT2D eigenvalue weighted by molar-refractivity contribution is 7.13. The molecular formula is C20H35N3O3S. The molecule has 1 aromatic heterocycles. The highest BCUT2D eigenvalue weighted by Gasteiger charge is 2.33. The molecule has 27 heavy (non-hydrogen) atoms. The third kappa shape index (κ3) is 8.28. The second kappa shape index (κ2) is 9.53. The van der Waals surface area contributed by atoms with Gasteiger partial charge in [0.2, 0.25) is 0 Å². The lowest BCUT2D eigenvalue weighted by Crippen LogP contribution is -2.52. The third-order valence-corrected chi connectivity index (χ3v) is 4.55. The van der Waals surface area contributed by atoms with Crippen molar-refractivity contribution >= 4 is 28.5 Å². The highest BCUT2D eigenvalue weighted by atomic mass is 32.1. The van der Waals surface area contributed by atoms with Crippen LogP contribution >= 0.6 is 11.3 Å². The Labute approximate surface area is 167 Å². The van der Waals surface area contributed by atoms with E-state index in [4.69, 9.17) is 4.74 Å². The van der Waals surface area contributed by atoms with E-state index in [2.05, 4.69) is 31.1 Å². The van der Waals surface area contributed by atoms with E-state index in [1.54, 1.807) is 31.9 Å². The van der Waals surface area contributed by atoms with Crippen molar-refractivity contribution < 1.29 is 14.3 Å². The van der Waals surface area contributed by atoms with E-state index >= 15 is 0 Å². The number of nitrogens with zero attached hydrogens (tertiary/aromatic N) is 2. The Kier molecular flexibility index (Phi) is 8.26. The molecule has 1 N–H and O–H groups in total. The molecule has 0 fully saturated rings. The predicted molar refractivity (Wildman–Crippen MR) is 111 cm³/mol. The Morgan fingerprint density at radius 2 is 1.89 bits per heavy atom. The number of nitrogens with one attached hydrogen (secondary N) is 1. The number of rotatable bonds is 7. The van der Waals surface area contributed by atoms with Crippen molar-refractivity contribution in [1.29, 1.82) is 0 Å². The first-order valence-corrected chi connectivity index (χ1v) is 10.4. The van der Waals surface area contributed by atoms with E-state index < -0.39 is 17.7 Å². The lowest BCUT2D eigenvalue weighted by atomic mass is 9.88. The number of carbonyl (C=O) groups excluding carboxylic acids is 2. The Bertz CT molecular complexity index is 603. The van der Waals surface area contributed by atoms with Crippen LogP contribution in [0.25, 0.3) is 0 Å². The molecule has 0 aliphatic heterocycles. The summed E-state index contributed by atoms with van der Waals surface area (Å²) in [6.45, 7) is 15.9. The molecule has 0 aromatic carbocycles. The largest absolute Gasteiger partial charge is 0.444 e. The second-order valence-corrected chi connectivity index (χ2v) is 10.00. The van der Waals surface area contributed by atoms with Crippen LogP contribution in [0.2, 0.25) is 0 Å². The van der Waals surface area contributed by atoms with Gasteiger partial charge in [0.15, 0.2) is 5.13 Å². The molecule has 6 nitrogen and oxygen atoms in total. The molecule has 0 bridgehead atoms. The normalized spacial score (nSPS) is 14.4. The molecule has 2 atom stereocenters. The zero-order chi connectivity index (χ0) is 20.8. The van der Waals surface area contributed by atoms with E-state index in [9.17, 15) is 9.59 Å². The van der Waals surface area contributed by atoms with Gasteiger partial charge in [-0.05, 0) is 46.0 Å². The molecule has 1 heterocycles. The molecule has 0 saturated heterocycles. The summed E-state index contributed by atoms with van der Waals surface area (Å²) < 4.78 is 5.34. The molecule has 0 saturated carbocycles. The molecule has 154 valence electrons. The molecule has 0 aliphatic carbocycles. The minimum absolute atomic E-state index is 0.0385. The van der Waals surface area contributed by atoms with E-state index in [0.717, 1.165) is 12.8 Å². The Morgan fingerprint density at radius 1 is 1.26 bits per heavy atom. The average Bonchev–Trinajstić information content (AvgIpc) is 2.96. The van der Waals surface area contributed by atoms with Crippen LogP contribution in [-0.4, -0.2) is 34.7 Å². The summed E-state index contributed by atoms with van der Waals surface area (Å²) in [5, 5.41) is 5.27. The fourth-order valence-corrected chi connectivity index (χ4v) is 3.72. The van der Waals surface area contributed by atoms with E-state index in [1.165, 1.54) is 11.3 Å². The summed E-state index contributed by atoms with van der Waals surface area (Å²) in [5.41, 5.74) is -0.549. The third-order valence-electron chi connectivity index (χ3n) is 3.78. The van der Waals surface area contributed by atoms with Gasteiger partial charge < -0.3 is 10.1 Å². The van der Waals surface area contributed by atoms with E-state index in [0.29, 0.717) is 11.6 Å². The predicted octanol–water partition coefficient (Wildman–Crippen LogP) is 4.99. The number of hydrogen-bond donors (Lipinski definition) is 1. The smallest absolute Gasteiger partial charge is 0.408 e. The molecule has 0 aliphatic rings. The maximum absolute atomic E-state index is 13.4. The quantitative estimate of drug-likeness (QED) is 0.703. The maximum atomic E-state index is 13.4. The summed E-state index contributed by atoms with van der Waals surface area (Å²) in [4.78, 5) is 31.7. The SMILES string of the molecule is CCCC(NC(=O)OC(C)(C)C)C(=O)N(c1nccs1)C(C)CC(C)(C)C. The van der Waals surface area contributed by atoms with E-state index in [1.807, 2.05) is 19.2 Å². The molecule has 2 amide bonds. The second-order valence-electron chi connectivity index (χ2n) is 9.12. The summed E-state index contributed by atoms with van der Waals surface area (Å²) in [7, 11) is 0. The van der Waals surface area contributed by atoms with Crippen LogP contribution in [0.3, 0.4) is 0 Å². The average molecular weight is 398 g/mol. The van der Waals surface area contributed by atoms with Gasteiger partial charge >= 0.3 is 6.09 Å². The van der Waals surface area contributed by atoms with Gasteiger partial charge in [0.05, 0.1) is 0 Å². The molecule has 7 heteroatoms. The number of alkyl carbamates (subject to hydrolysis) is 1. The summed E-state index contributed by atoms with van der Waals surface area (Å²) in [5.74, 6) is -0.144. The van der Waals surface area contributed by atoms with Crippen molar-refractivity contribution in [2.24, 2.45) is 5.41 Å². The van der Waals surface area contributed by atoms with Gasteiger partial charge in [0.25, 0.3) is 5.91 Å². The molecule has 2 unspecified atom stereocenters. The van der Waals surface area contributed by atoms with E-state index in [-0.39, 0.29) is 17.4 Å². The van der Waals surface area contributed by atoms with Gasteiger partial charge in [-0.15, -0.1) is 11.3 Å². The number of hydrogen-bond acceptors (Lipinski definition) is 5. The minimum atomic E-state index is -0.642. The number of anilines is 1. The molecule has 0 radical (unpaired) electrons. The van der Waals surface area contributed by atoms with Gasteiger partial charge in [-0.2, -0.15) is 0 Å². The van der Waals surface area contributed by atoms with Gasteiger partial charge in [-0.1, -0.05) is 34.1 Å². The Morgan fingerprint density at radius 3 is 2.33 bits per heavy atom. The molecule has 0 spiro atoms. The Balaban J connectivity index is 3.06. The molecule has 1 rings (SSSR count). The van der Waals surface area contributed by atoms with Gasteiger partial charge in [0.1, 0.15) is 11.6 Å². The van der Waals surface area contributed by atoms with Gasteiger partial charge in [0, 0.05) is 17.6 Å². The molecular weight excluding hydrogens is 362 g/mol. The van der Waals surface area contributed by atoms with Crippen molar-refractivity contribution in [2.75, 3.05) is 4.90 Å². The fraction of sp³-hybridized carbons (Fsp3) is 0.750. The standard InChI is InChI=1S/C20H35N3O3S/c1-9-10-15(22-18(25)26-20(6,7)8)16(24)23(17-21-11-12-27-17)14(2)13-19(3,4)5/h11-12,14-15H,9-10,13H2,1-8H3,(H,22,25). The number of aromatic nitrogens is 1. The van der Waals surface area contributed by atoms with Crippen molar-refractivity contribution in [1.82, 2.24) is 10.3 Å². The van der Waals surface area contributed by atoms with Crippen LogP contribution < -0.4 is 10.2 Å². The first-order chi connectivity index (χ1) is 12.3. The highest BCUT2D eigenvalue weighted by Crippen LogP contribution is 2.29. The lowest BCUT2D eigenvalue weighted by Gasteiger charge is -2.34. The van der Waals surface area contributed by atoms with Crippen LogP contribution in [0.15, 0.2) is 11.6 Å². The van der Waals surface area contributed by atoms with Crippen molar-refractivity contribution in [3.63, 3.8) is 0 Å². The Hall–Kier alpha value is -1.63. The fourth-order valence-electron chi connectivity index (χ4n) is 2.98. The number of ether oxygens (including phenoxy) is 1. The molecule has 1 aromatic rings.